The summed E-state index contributed by atoms with van der Waals surface area (Å²) in [4.78, 5) is 23.8. The van der Waals surface area contributed by atoms with Crippen LogP contribution in [0.3, 0.4) is 0 Å². The molecule has 6 nitrogen and oxygen atoms in total. The second kappa shape index (κ2) is 6.57. The standard InChI is InChI=1S/C18H14F2N2O4/c1-2-22(26)16-13(19)8-11-15(14(16)20)21(10-6-4-3-5-7-10)9-12(17(11)23)18(24)25/h3-9,26H,2H2,1H3,(H,24,25). The molecule has 0 aliphatic heterocycles. The third-order valence-corrected chi connectivity index (χ3v) is 3.98. The van der Waals surface area contributed by atoms with Crippen molar-refractivity contribution in [2.45, 2.75) is 6.92 Å². The Morgan fingerprint density at radius 2 is 1.88 bits per heavy atom. The number of hydrogen-bond donors (Lipinski definition) is 2. The first kappa shape index (κ1) is 17.6. The summed E-state index contributed by atoms with van der Waals surface area (Å²) in [5.41, 5.74) is -2.30. The number of anilines is 1. The van der Waals surface area contributed by atoms with E-state index in [1.165, 1.54) is 6.92 Å². The lowest BCUT2D eigenvalue weighted by Crippen LogP contribution is -2.23. The molecule has 2 aromatic carbocycles. The van der Waals surface area contributed by atoms with Gasteiger partial charge in [-0.15, -0.1) is 0 Å². The van der Waals surface area contributed by atoms with E-state index in [0.29, 0.717) is 10.8 Å². The lowest BCUT2D eigenvalue weighted by Gasteiger charge is -2.19. The quantitative estimate of drug-likeness (QED) is 0.699. The molecule has 0 unspecified atom stereocenters. The Morgan fingerprint density at radius 3 is 2.46 bits per heavy atom. The number of hydrogen-bond acceptors (Lipinski definition) is 4. The monoisotopic (exact) mass is 360 g/mol. The highest BCUT2D eigenvalue weighted by molar-refractivity contribution is 5.94. The predicted octanol–water partition coefficient (Wildman–Crippen LogP) is 3.18. The molecule has 0 spiro atoms. The third-order valence-electron chi connectivity index (χ3n) is 3.98. The van der Waals surface area contributed by atoms with Gasteiger partial charge < -0.3 is 9.67 Å². The minimum Gasteiger partial charge on any atom is -0.477 e. The van der Waals surface area contributed by atoms with Crippen LogP contribution in [0.15, 0.2) is 47.4 Å². The zero-order valence-corrected chi connectivity index (χ0v) is 13.6. The van der Waals surface area contributed by atoms with Gasteiger partial charge in [0.1, 0.15) is 11.3 Å². The molecule has 26 heavy (non-hydrogen) atoms. The average molecular weight is 360 g/mol. The molecule has 1 aromatic heterocycles. The minimum atomic E-state index is -1.51. The predicted molar refractivity (Wildman–Crippen MR) is 91.2 cm³/mol. The Bertz CT molecular complexity index is 1060. The number of rotatable bonds is 4. The second-order valence-corrected chi connectivity index (χ2v) is 5.52. The molecule has 3 aromatic rings. The summed E-state index contributed by atoms with van der Waals surface area (Å²) in [5.74, 6) is -3.84. The molecule has 134 valence electrons. The van der Waals surface area contributed by atoms with Crippen LogP contribution in [0.25, 0.3) is 16.6 Å². The molecule has 0 aliphatic rings. The van der Waals surface area contributed by atoms with E-state index < -0.39 is 39.7 Å². The number of aromatic carboxylic acids is 1. The molecule has 0 saturated carbocycles. The SMILES string of the molecule is CCN(O)c1c(F)cc2c(=O)c(C(=O)O)cn(-c3ccccc3)c2c1F. The van der Waals surface area contributed by atoms with Crippen LogP contribution in [0.5, 0.6) is 0 Å². The molecule has 2 N–H and O–H groups in total. The number of benzene rings is 2. The van der Waals surface area contributed by atoms with Gasteiger partial charge in [-0.2, -0.15) is 0 Å². The fourth-order valence-corrected chi connectivity index (χ4v) is 2.74. The lowest BCUT2D eigenvalue weighted by atomic mass is 10.1. The van der Waals surface area contributed by atoms with E-state index >= 15 is 4.39 Å². The van der Waals surface area contributed by atoms with Crippen LogP contribution < -0.4 is 10.5 Å². The summed E-state index contributed by atoms with van der Waals surface area (Å²) in [7, 11) is 0. The molecule has 0 saturated heterocycles. The van der Waals surface area contributed by atoms with Crippen molar-refractivity contribution in [3.8, 4) is 5.69 Å². The Kier molecular flexibility index (Phi) is 4.43. The largest absolute Gasteiger partial charge is 0.477 e. The molecule has 0 radical (unpaired) electrons. The maximum absolute atomic E-state index is 15.1. The van der Waals surface area contributed by atoms with Crippen LogP contribution in [0.4, 0.5) is 14.5 Å². The van der Waals surface area contributed by atoms with E-state index in [1.54, 1.807) is 30.3 Å². The van der Waals surface area contributed by atoms with Crippen molar-refractivity contribution in [2.24, 2.45) is 0 Å². The summed E-state index contributed by atoms with van der Waals surface area (Å²) in [6.45, 7) is 1.39. The molecule has 0 amide bonds. The van der Waals surface area contributed by atoms with Gasteiger partial charge in [0.15, 0.2) is 11.6 Å². The first-order valence-corrected chi connectivity index (χ1v) is 7.69. The van der Waals surface area contributed by atoms with Crippen molar-refractivity contribution >= 4 is 22.6 Å². The van der Waals surface area contributed by atoms with Crippen LogP contribution in [-0.4, -0.2) is 27.4 Å². The van der Waals surface area contributed by atoms with E-state index in [9.17, 15) is 24.3 Å². The first-order chi connectivity index (χ1) is 12.4. The van der Waals surface area contributed by atoms with Gasteiger partial charge in [0, 0.05) is 18.4 Å². The number of aromatic nitrogens is 1. The van der Waals surface area contributed by atoms with Crippen molar-refractivity contribution in [3.05, 3.63) is 70.0 Å². The van der Waals surface area contributed by atoms with Gasteiger partial charge in [-0.05, 0) is 25.1 Å². The molecule has 0 bridgehead atoms. The van der Waals surface area contributed by atoms with Crippen LogP contribution in [0, 0.1) is 11.6 Å². The van der Waals surface area contributed by atoms with Gasteiger partial charge in [0.05, 0.1) is 10.9 Å². The molecule has 0 atom stereocenters. The number of para-hydroxylation sites is 1. The average Bonchev–Trinajstić information content (AvgIpc) is 2.62. The normalized spacial score (nSPS) is 10.9. The smallest absolute Gasteiger partial charge is 0.341 e. The number of pyridine rings is 1. The zero-order valence-electron chi connectivity index (χ0n) is 13.6. The van der Waals surface area contributed by atoms with Crippen LogP contribution in [-0.2, 0) is 0 Å². The zero-order chi connectivity index (χ0) is 19.0. The fourth-order valence-electron chi connectivity index (χ4n) is 2.74. The summed E-state index contributed by atoms with van der Waals surface area (Å²) in [5, 5.41) is 19.0. The molecule has 0 aliphatic carbocycles. The Balaban J connectivity index is 2.54. The number of carbonyl (C=O) groups is 1. The summed E-state index contributed by atoms with van der Waals surface area (Å²) < 4.78 is 30.6. The van der Waals surface area contributed by atoms with Crippen LogP contribution in [0.2, 0.25) is 0 Å². The fraction of sp³-hybridized carbons (Fsp3) is 0.111. The van der Waals surface area contributed by atoms with E-state index in [2.05, 4.69) is 0 Å². The van der Waals surface area contributed by atoms with Gasteiger partial charge in [0.25, 0.3) is 0 Å². The van der Waals surface area contributed by atoms with Gasteiger partial charge in [-0.3, -0.25) is 15.1 Å². The number of nitrogens with zero attached hydrogens (tertiary/aromatic N) is 2. The highest BCUT2D eigenvalue weighted by Gasteiger charge is 2.24. The van der Waals surface area contributed by atoms with Gasteiger partial charge in [-0.1, -0.05) is 18.2 Å². The number of carboxylic acids is 1. The maximum Gasteiger partial charge on any atom is 0.341 e. The van der Waals surface area contributed by atoms with Crippen molar-refractivity contribution in [2.75, 3.05) is 11.6 Å². The van der Waals surface area contributed by atoms with Crippen molar-refractivity contribution in [1.29, 1.82) is 0 Å². The van der Waals surface area contributed by atoms with E-state index in [1.807, 2.05) is 0 Å². The second-order valence-electron chi connectivity index (χ2n) is 5.52. The number of carboxylic acid groups (broad SMARTS) is 1. The highest BCUT2D eigenvalue weighted by atomic mass is 19.1. The number of hydroxylamine groups is 1. The summed E-state index contributed by atoms with van der Waals surface area (Å²) in [6.07, 6.45) is 0.987. The van der Waals surface area contributed by atoms with Crippen molar-refractivity contribution in [1.82, 2.24) is 4.57 Å². The Labute approximate surface area is 146 Å². The Hall–Kier alpha value is -3.26. The number of halogens is 2. The summed E-state index contributed by atoms with van der Waals surface area (Å²) >= 11 is 0. The van der Waals surface area contributed by atoms with Gasteiger partial charge >= 0.3 is 5.97 Å². The first-order valence-electron chi connectivity index (χ1n) is 7.69. The third kappa shape index (κ3) is 2.70. The molecular weight excluding hydrogens is 346 g/mol. The molecule has 0 fully saturated rings. The molecule has 1 heterocycles. The molecular formula is C18H14F2N2O4. The number of fused-ring (bicyclic) bond motifs is 1. The molecule has 3 rings (SSSR count). The highest BCUT2D eigenvalue weighted by Crippen LogP contribution is 2.30. The van der Waals surface area contributed by atoms with Crippen LogP contribution in [0.1, 0.15) is 17.3 Å². The van der Waals surface area contributed by atoms with Gasteiger partial charge in [-0.25, -0.2) is 13.6 Å². The topological polar surface area (TPSA) is 82.8 Å². The Morgan fingerprint density at radius 1 is 1.23 bits per heavy atom. The maximum atomic E-state index is 15.1. The van der Waals surface area contributed by atoms with Crippen LogP contribution >= 0.6 is 0 Å². The van der Waals surface area contributed by atoms with Crippen molar-refractivity contribution < 1.29 is 23.9 Å². The van der Waals surface area contributed by atoms with Gasteiger partial charge in [0.2, 0.25) is 5.43 Å². The lowest BCUT2D eigenvalue weighted by molar-refractivity contribution is 0.0695. The van der Waals surface area contributed by atoms with E-state index in [4.69, 9.17) is 0 Å². The minimum absolute atomic E-state index is 0.0951. The van der Waals surface area contributed by atoms with E-state index in [-0.39, 0.29) is 12.1 Å². The van der Waals surface area contributed by atoms with Crippen molar-refractivity contribution in [3.63, 3.8) is 0 Å². The molecule has 8 heteroatoms. The van der Waals surface area contributed by atoms with E-state index in [0.717, 1.165) is 16.8 Å². The summed E-state index contributed by atoms with van der Waals surface area (Å²) in [6, 6.07) is 8.89.